The maximum Gasteiger partial charge on any atom is 0.123 e. The highest BCUT2D eigenvalue weighted by Crippen LogP contribution is 2.48. The second-order valence-electron chi connectivity index (χ2n) is 9.82. The first-order valence-corrected chi connectivity index (χ1v) is 12.7. The van der Waals surface area contributed by atoms with E-state index in [4.69, 9.17) is 0 Å². The Balaban J connectivity index is 1.16. The molecule has 2 saturated heterocycles. The number of hydrogen-bond acceptors (Lipinski definition) is 4. The molecule has 3 aliphatic heterocycles. The fourth-order valence-electron chi connectivity index (χ4n) is 5.94. The van der Waals surface area contributed by atoms with Crippen LogP contribution in [-0.2, 0) is 0 Å². The lowest BCUT2D eigenvalue weighted by Gasteiger charge is -2.39. The molecule has 0 amide bonds. The van der Waals surface area contributed by atoms with Gasteiger partial charge in [-0.05, 0) is 80.4 Å². The summed E-state index contributed by atoms with van der Waals surface area (Å²) in [6.07, 6.45) is 6.15. The van der Waals surface area contributed by atoms with Crippen molar-refractivity contribution in [3.63, 3.8) is 0 Å². The van der Waals surface area contributed by atoms with E-state index in [9.17, 15) is 8.78 Å². The summed E-state index contributed by atoms with van der Waals surface area (Å²) in [6, 6.07) is 12.2. The lowest BCUT2D eigenvalue weighted by molar-refractivity contribution is 0.192. The maximum absolute atomic E-state index is 14.2. The number of nitrogens with zero attached hydrogens (tertiary/aromatic N) is 3. The van der Waals surface area contributed by atoms with Gasteiger partial charge in [-0.25, -0.2) is 8.78 Å². The van der Waals surface area contributed by atoms with Gasteiger partial charge in [-0.15, -0.1) is 0 Å². The molecule has 0 spiro atoms. The predicted molar refractivity (Wildman–Crippen MR) is 130 cm³/mol. The molecule has 2 atom stereocenters. The van der Waals surface area contributed by atoms with Gasteiger partial charge in [0.1, 0.15) is 11.6 Å². The van der Waals surface area contributed by atoms with Crippen LogP contribution in [0.25, 0.3) is 0 Å². The van der Waals surface area contributed by atoms with Crippen molar-refractivity contribution in [3.8, 4) is 0 Å². The van der Waals surface area contributed by atoms with Crippen LogP contribution in [0.5, 0.6) is 0 Å². The van der Waals surface area contributed by atoms with Gasteiger partial charge in [-0.2, -0.15) is 0 Å². The summed E-state index contributed by atoms with van der Waals surface area (Å²) in [5.74, 6) is -0.103. The zero-order valence-corrected chi connectivity index (χ0v) is 19.5. The van der Waals surface area contributed by atoms with Gasteiger partial charge in [0.2, 0.25) is 0 Å². The summed E-state index contributed by atoms with van der Waals surface area (Å²) in [5, 5.41) is 3.42. The van der Waals surface area contributed by atoms with E-state index in [2.05, 4.69) is 20.0 Å². The Kier molecular flexibility index (Phi) is 7.24. The smallest absolute Gasteiger partial charge is 0.123 e. The largest absolute Gasteiger partial charge is 0.337 e. The number of benzene rings is 2. The Hall–Kier alpha value is -2.02. The third-order valence-electron chi connectivity index (χ3n) is 7.65. The number of hydrogen-bond donors (Lipinski definition) is 1. The second-order valence-corrected chi connectivity index (χ2v) is 9.82. The van der Waals surface area contributed by atoms with Crippen LogP contribution in [0.1, 0.15) is 43.6 Å². The van der Waals surface area contributed by atoms with Crippen molar-refractivity contribution < 1.29 is 8.78 Å². The maximum atomic E-state index is 14.2. The van der Waals surface area contributed by atoms with E-state index in [-0.39, 0.29) is 11.6 Å². The fourth-order valence-corrected chi connectivity index (χ4v) is 5.94. The van der Waals surface area contributed by atoms with Crippen molar-refractivity contribution >= 4 is 11.4 Å². The molecular formula is C27H36F2N4. The molecule has 2 aromatic carbocycles. The number of anilines is 2. The van der Waals surface area contributed by atoms with Gasteiger partial charge in [0.05, 0.1) is 0 Å². The minimum Gasteiger partial charge on any atom is -0.337 e. The van der Waals surface area contributed by atoms with Crippen LogP contribution < -0.4 is 10.2 Å². The Labute approximate surface area is 196 Å². The number of nitrogens with one attached hydrogen (secondary N) is 1. The summed E-state index contributed by atoms with van der Waals surface area (Å²) in [5.41, 5.74) is 3.17. The van der Waals surface area contributed by atoms with E-state index in [0.29, 0.717) is 12.0 Å². The summed E-state index contributed by atoms with van der Waals surface area (Å²) < 4.78 is 27.7. The number of halogens is 2. The molecule has 3 aliphatic rings. The van der Waals surface area contributed by atoms with Crippen LogP contribution in [0.2, 0.25) is 0 Å². The monoisotopic (exact) mass is 454 g/mol. The summed E-state index contributed by atoms with van der Waals surface area (Å²) >= 11 is 0. The van der Waals surface area contributed by atoms with E-state index in [0.717, 1.165) is 56.1 Å². The molecule has 33 heavy (non-hydrogen) atoms. The molecule has 0 unspecified atom stereocenters. The fraction of sp³-hybridized carbons (Fsp3) is 0.556. The van der Waals surface area contributed by atoms with Crippen LogP contribution in [0.3, 0.4) is 0 Å². The van der Waals surface area contributed by atoms with Gasteiger partial charge in [0, 0.05) is 62.6 Å². The number of rotatable bonds is 8. The zero-order valence-electron chi connectivity index (χ0n) is 19.5. The van der Waals surface area contributed by atoms with Gasteiger partial charge in [-0.1, -0.05) is 12.8 Å². The summed E-state index contributed by atoms with van der Waals surface area (Å²) in [7, 11) is 0. The molecule has 178 valence electrons. The molecule has 1 N–H and O–H groups in total. The highest BCUT2D eigenvalue weighted by Gasteiger charge is 2.42. The average molecular weight is 455 g/mol. The van der Waals surface area contributed by atoms with Gasteiger partial charge < -0.3 is 20.0 Å². The quantitative estimate of drug-likeness (QED) is 0.582. The van der Waals surface area contributed by atoms with Gasteiger partial charge >= 0.3 is 0 Å². The van der Waals surface area contributed by atoms with Crippen molar-refractivity contribution in [2.75, 3.05) is 57.3 Å². The van der Waals surface area contributed by atoms with E-state index < -0.39 is 0 Å². The zero-order chi connectivity index (χ0) is 22.6. The number of unbranched alkanes of at least 4 members (excludes halogenated alkanes) is 3. The van der Waals surface area contributed by atoms with E-state index in [1.165, 1.54) is 57.5 Å². The molecule has 6 heteroatoms. The van der Waals surface area contributed by atoms with Crippen LogP contribution in [0, 0.1) is 11.6 Å². The third kappa shape index (κ3) is 5.23. The van der Waals surface area contributed by atoms with Crippen molar-refractivity contribution in [2.45, 2.75) is 44.1 Å². The number of likely N-dealkylation sites (tertiary alicyclic amines) is 1. The first kappa shape index (κ1) is 22.8. The highest BCUT2D eigenvalue weighted by atomic mass is 19.1. The molecule has 0 radical (unpaired) electrons. The highest BCUT2D eigenvalue weighted by molar-refractivity contribution is 5.73. The second kappa shape index (κ2) is 10.5. The average Bonchev–Trinajstić information content (AvgIpc) is 3.15. The molecule has 3 heterocycles. The van der Waals surface area contributed by atoms with Crippen LogP contribution >= 0.6 is 0 Å². The molecule has 2 aromatic rings. The Morgan fingerprint density at radius 1 is 0.788 bits per heavy atom. The number of piperidine rings is 1. The van der Waals surface area contributed by atoms with Crippen LogP contribution in [-0.4, -0.2) is 68.2 Å². The standard InChI is InChI=1S/C27H36F2N4/c28-21-5-8-23(9-6-21)33-26-10-7-22(29)19-24(26)25-20-32(16-11-27(25)33)15-4-2-1-3-14-31-17-12-30-13-18-31/h5-10,19,25,27,30H,1-4,11-18,20H2/t25-,27+/m0/s1. The summed E-state index contributed by atoms with van der Waals surface area (Å²) in [4.78, 5) is 7.46. The SMILES string of the molecule is Fc1ccc(N2c3ccc(F)cc3[C@@H]3CN(CCCCCCN4CCNCC4)CC[C@H]32)cc1. The molecule has 0 aliphatic carbocycles. The van der Waals surface area contributed by atoms with Gasteiger partial charge in [0.25, 0.3) is 0 Å². The lowest BCUT2D eigenvalue weighted by atomic mass is 9.88. The topological polar surface area (TPSA) is 21.8 Å². The number of fused-ring (bicyclic) bond motifs is 3. The van der Waals surface area contributed by atoms with Gasteiger partial charge in [-0.3, -0.25) is 0 Å². The van der Waals surface area contributed by atoms with E-state index >= 15 is 0 Å². The molecule has 0 bridgehead atoms. The van der Waals surface area contributed by atoms with E-state index in [1.54, 1.807) is 12.1 Å². The van der Waals surface area contributed by atoms with Crippen LogP contribution in [0.4, 0.5) is 20.2 Å². The minimum atomic E-state index is -0.225. The minimum absolute atomic E-state index is 0.171. The van der Waals surface area contributed by atoms with Crippen molar-refractivity contribution in [1.82, 2.24) is 15.1 Å². The third-order valence-corrected chi connectivity index (χ3v) is 7.65. The molecule has 4 nitrogen and oxygen atoms in total. The molecule has 2 fully saturated rings. The first-order valence-electron chi connectivity index (χ1n) is 12.7. The molecule has 5 rings (SSSR count). The Bertz CT molecular complexity index is 913. The Morgan fingerprint density at radius 3 is 2.24 bits per heavy atom. The molecule has 0 saturated carbocycles. The van der Waals surface area contributed by atoms with Crippen LogP contribution in [0.15, 0.2) is 42.5 Å². The lowest BCUT2D eigenvalue weighted by Crippen LogP contribution is -2.45. The van der Waals surface area contributed by atoms with Crippen molar-refractivity contribution in [2.24, 2.45) is 0 Å². The molecular weight excluding hydrogens is 418 g/mol. The Morgan fingerprint density at radius 2 is 1.48 bits per heavy atom. The van der Waals surface area contributed by atoms with Crippen molar-refractivity contribution in [3.05, 3.63) is 59.7 Å². The first-order chi connectivity index (χ1) is 16.2. The van der Waals surface area contributed by atoms with Gasteiger partial charge in [0.15, 0.2) is 0 Å². The molecule has 0 aromatic heterocycles. The number of piperazine rings is 1. The summed E-state index contributed by atoms with van der Waals surface area (Å²) in [6.45, 7) is 9.02. The van der Waals surface area contributed by atoms with E-state index in [1.807, 2.05) is 18.2 Å². The van der Waals surface area contributed by atoms with Crippen molar-refractivity contribution in [1.29, 1.82) is 0 Å². The predicted octanol–water partition coefficient (Wildman–Crippen LogP) is 4.74. The normalized spacial score (nSPS) is 23.5.